The van der Waals surface area contributed by atoms with Gasteiger partial charge in [-0.05, 0) is 80.1 Å². The van der Waals surface area contributed by atoms with Gasteiger partial charge >= 0.3 is 11.9 Å². The van der Waals surface area contributed by atoms with E-state index in [1.165, 1.54) is 12.8 Å². The number of hydrogen-bond donors (Lipinski definition) is 0. The van der Waals surface area contributed by atoms with Gasteiger partial charge in [-0.15, -0.1) is 0 Å². The van der Waals surface area contributed by atoms with E-state index >= 15 is 0 Å². The van der Waals surface area contributed by atoms with Crippen LogP contribution in [0.2, 0.25) is 0 Å². The second-order valence-electron chi connectivity index (χ2n) is 9.55. The Morgan fingerprint density at radius 3 is 1.21 bits per heavy atom. The Bertz CT molecular complexity index is 410. The highest BCUT2D eigenvalue weighted by atomic mass is 16.6. The molecule has 4 nitrogen and oxygen atoms in total. The third kappa shape index (κ3) is 21.0. The lowest BCUT2D eigenvalue weighted by molar-refractivity contribution is -0.156. The summed E-state index contributed by atoms with van der Waals surface area (Å²) in [6, 6.07) is 0. The van der Waals surface area contributed by atoms with Gasteiger partial charge in [-0.1, -0.05) is 37.8 Å². The van der Waals surface area contributed by atoms with Gasteiger partial charge < -0.3 is 9.47 Å². The lowest BCUT2D eigenvalue weighted by Gasteiger charge is -2.19. The molecule has 0 aliphatic heterocycles. The van der Waals surface area contributed by atoms with Crippen molar-refractivity contribution in [2.24, 2.45) is 0 Å². The average molecular weight is 397 g/mol. The van der Waals surface area contributed by atoms with Gasteiger partial charge in [-0.3, -0.25) is 9.59 Å². The number of carbonyl (C=O) groups is 2. The van der Waals surface area contributed by atoms with Crippen LogP contribution in [0.5, 0.6) is 0 Å². The molecule has 0 aliphatic rings. The summed E-state index contributed by atoms with van der Waals surface area (Å²) >= 11 is 0. The van der Waals surface area contributed by atoms with Crippen LogP contribution in [0.1, 0.15) is 119 Å². The van der Waals surface area contributed by atoms with Crippen molar-refractivity contribution in [2.75, 3.05) is 0 Å². The van der Waals surface area contributed by atoms with Crippen molar-refractivity contribution in [3.63, 3.8) is 0 Å². The lowest BCUT2D eigenvalue weighted by Crippen LogP contribution is -2.23. The molecular formula is C24H44O4. The zero-order chi connectivity index (χ0) is 21.5. The third-order valence-electron chi connectivity index (χ3n) is 4.01. The first-order valence-electron chi connectivity index (χ1n) is 11.1. The highest BCUT2D eigenvalue weighted by molar-refractivity contribution is 5.70. The smallest absolute Gasteiger partial charge is 0.306 e. The molecule has 0 rings (SSSR count). The number of hydrogen-bond acceptors (Lipinski definition) is 4. The van der Waals surface area contributed by atoms with Crippen molar-refractivity contribution in [3.8, 4) is 0 Å². The van der Waals surface area contributed by atoms with E-state index in [-0.39, 0.29) is 23.1 Å². The molecule has 0 unspecified atom stereocenters. The van der Waals surface area contributed by atoms with Gasteiger partial charge in [0.05, 0.1) is 0 Å². The summed E-state index contributed by atoms with van der Waals surface area (Å²) in [4.78, 5) is 23.2. The summed E-state index contributed by atoms with van der Waals surface area (Å²) in [5, 5.41) is 0. The average Bonchev–Trinajstić information content (AvgIpc) is 2.51. The van der Waals surface area contributed by atoms with Gasteiger partial charge in [-0.25, -0.2) is 0 Å². The molecule has 0 saturated heterocycles. The minimum Gasteiger partial charge on any atom is -0.460 e. The molecule has 28 heavy (non-hydrogen) atoms. The fourth-order valence-corrected chi connectivity index (χ4v) is 2.79. The maximum Gasteiger partial charge on any atom is 0.306 e. The monoisotopic (exact) mass is 396 g/mol. The fraction of sp³-hybridized carbons (Fsp3) is 0.833. The standard InChI is InChI=1S/C24H44O4/c1-23(2,3)27-21(25)19-17-15-13-11-9-7-8-10-12-14-16-18-20-22(26)28-24(4,5)6/h7-8H,9-20H2,1-6H3/b8-7+. The van der Waals surface area contributed by atoms with Crippen molar-refractivity contribution < 1.29 is 19.1 Å². The first-order valence-corrected chi connectivity index (χ1v) is 11.1. The summed E-state index contributed by atoms with van der Waals surface area (Å²) in [7, 11) is 0. The van der Waals surface area contributed by atoms with E-state index in [1.807, 2.05) is 41.5 Å². The quantitative estimate of drug-likeness (QED) is 0.182. The molecule has 0 heterocycles. The van der Waals surface area contributed by atoms with Crippen LogP contribution in [0.15, 0.2) is 12.2 Å². The van der Waals surface area contributed by atoms with Gasteiger partial charge in [0, 0.05) is 12.8 Å². The van der Waals surface area contributed by atoms with Crippen LogP contribution in [0.4, 0.5) is 0 Å². The number of rotatable bonds is 14. The Morgan fingerprint density at radius 1 is 0.571 bits per heavy atom. The first kappa shape index (κ1) is 26.7. The van der Waals surface area contributed by atoms with E-state index in [0.717, 1.165) is 51.4 Å². The Morgan fingerprint density at radius 2 is 0.893 bits per heavy atom. The molecular weight excluding hydrogens is 352 g/mol. The Balaban J connectivity index is 3.39. The number of unbranched alkanes of at least 4 members (excludes halogenated alkanes) is 8. The second-order valence-corrected chi connectivity index (χ2v) is 9.55. The van der Waals surface area contributed by atoms with Gasteiger partial charge in [0.1, 0.15) is 11.2 Å². The third-order valence-corrected chi connectivity index (χ3v) is 4.01. The maximum atomic E-state index is 11.6. The predicted molar refractivity (Wildman–Crippen MR) is 116 cm³/mol. The summed E-state index contributed by atoms with van der Waals surface area (Å²) in [6.07, 6.45) is 16.5. The topological polar surface area (TPSA) is 52.6 Å². The molecule has 0 atom stereocenters. The van der Waals surface area contributed by atoms with Crippen LogP contribution in [-0.4, -0.2) is 23.1 Å². The van der Waals surface area contributed by atoms with Crippen LogP contribution < -0.4 is 0 Å². The summed E-state index contributed by atoms with van der Waals surface area (Å²) in [6.45, 7) is 11.4. The molecule has 164 valence electrons. The second kappa shape index (κ2) is 14.6. The molecule has 0 aromatic carbocycles. The summed E-state index contributed by atoms with van der Waals surface area (Å²) < 4.78 is 10.6. The summed E-state index contributed by atoms with van der Waals surface area (Å²) in [5.41, 5.74) is -0.750. The van der Waals surface area contributed by atoms with E-state index in [4.69, 9.17) is 9.47 Å². The number of esters is 2. The Hall–Kier alpha value is -1.32. The molecule has 0 bridgehead atoms. The first-order chi connectivity index (χ1) is 13.0. The minimum absolute atomic E-state index is 0.0847. The van der Waals surface area contributed by atoms with Gasteiger partial charge in [0.25, 0.3) is 0 Å². The van der Waals surface area contributed by atoms with Crippen LogP contribution >= 0.6 is 0 Å². The normalized spacial score (nSPS) is 12.4. The van der Waals surface area contributed by atoms with E-state index < -0.39 is 0 Å². The van der Waals surface area contributed by atoms with Crippen molar-refractivity contribution in [1.29, 1.82) is 0 Å². The Labute approximate surface area is 173 Å². The van der Waals surface area contributed by atoms with E-state index in [2.05, 4.69) is 12.2 Å². The molecule has 0 N–H and O–H groups in total. The molecule has 0 radical (unpaired) electrons. The number of carbonyl (C=O) groups excluding carboxylic acids is 2. The van der Waals surface area contributed by atoms with E-state index in [0.29, 0.717) is 12.8 Å². The molecule has 4 heteroatoms. The highest BCUT2D eigenvalue weighted by Crippen LogP contribution is 2.13. The highest BCUT2D eigenvalue weighted by Gasteiger charge is 2.16. The van der Waals surface area contributed by atoms with Gasteiger partial charge in [0.15, 0.2) is 0 Å². The van der Waals surface area contributed by atoms with Crippen LogP contribution in [-0.2, 0) is 19.1 Å². The van der Waals surface area contributed by atoms with Crippen LogP contribution in [0, 0.1) is 0 Å². The molecule has 0 saturated carbocycles. The molecule has 0 aliphatic carbocycles. The molecule has 0 fully saturated rings. The van der Waals surface area contributed by atoms with Crippen molar-refractivity contribution in [1.82, 2.24) is 0 Å². The molecule has 0 spiro atoms. The number of ether oxygens (including phenoxy) is 2. The largest absolute Gasteiger partial charge is 0.460 e. The molecule has 0 aromatic heterocycles. The maximum absolute atomic E-state index is 11.6. The molecule has 0 aromatic rings. The van der Waals surface area contributed by atoms with Crippen molar-refractivity contribution in [3.05, 3.63) is 12.2 Å². The fourth-order valence-electron chi connectivity index (χ4n) is 2.79. The van der Waals surface area contributed by atoms with Crippen molar-refractivity contribution in [2.45, 2.75) is 130 Å². The van der Waals surface area contributed by atoms with E-state index in [1.54, 1.807) is 0 Å². The molecule has 0 amide bonds. The van der Waals surface area contributed by atoms with E-state index in [9.17, 15) is 9.59 Å². The van der Waals surface area contributed by atoms with Crippen LogP contribution in [0.3, 0.4) is 0 Å². The predicted octanol–water partition coefficient (Wildman–Crippen LogP) is 6.91. The lowest BCUT2D eigenvalue weighted by atomic mass is 10.1. The minimum atomic E-state index is -0.375. The number of allylic oxidation sites excluding steroid dienone is 2. The van der Waals surface area contributed by atoms with Gasteiger partial charge in [0.2, 0.25) is 0 Å². The summed E-state index contributed by atoms with van der Waals surface area (Å²) in [5.74, 6) is -0.169. The Kier molecular flexibility index (Phi) is 14.0. The zero-order valence-corrected chi connectivity index (χ0v) is 19.3. The van der Waals surface area contributed by atoms with Crippen molar-refractivity contribution >= 4 is 11.9 Å². The van der Waals surface area contributed by atoms with Gasteiger partial charge in [-0.2, -0.15) is 0 Å². The SMILES string of the molecule is CC(C)(C)OC(=O)CCCCCC/C=C/CCCCCCC(=O)OC(C)(C)C. The zero-order valence-electron chi connectivity index (χ0n) is 19.3. The van der Waals surface area contributed by atoms with Crippen LogP contribution in [0.25, 0.3) is 0 Å².